The Morgan fingerprint density at radius 3 is 2.41 bits per heavy atom. The number of amides is 1. The maximum absolute atomic E-state index is 12.2. The van der Waals surface area contributed by atoms with Gasteiger partial charge in [-0.15, -0.1) is 0 Å². The lowest BCUT2D eigenvalue weighted by molar-refractivity contribution is -0.115. The highest BCUT2D eigenvalue weighted by molar-refractivity contribution is 5.93. The van der Waals surface area contributed by atoms with E-state index >= 15 is 0 Å². The Hall–Kier alpha value is -2.49. The second-order valence-corrected chi connectivity index (χ2v) is 5.23. The van der Waals surface area contributed by atoms with Gasteiger partial charge in [-0.25, -0.2) is 0 Å². The van der Waals surface area contributed by atoms with Crippen molar-refractivity contribution in [3.8, 4) is 11.5 Å². The van der Waals surface area contributed by atoms with E-state index in [1.54, 1.807) is 20.3 Å². The standard InChI is InChI=1S/C18H21NO3/c1-12-5-6-13(2)15(9-12)19-18(20)11-14-7-8-16(21-3)17(10-14)22-4/h5-10H,11H2,1-4H3,(H,19,20). The van der Waals surface area contributed by atoms with Crippen LogP contribution in [-0.4, -0.2) is 20.1 Å². The summed E-state index contributed by atoms with van der Waals surface area (Å²) in [6.45, 7) is 3.98. The number of benzene rings is 2. The zero-order valence-electron chi connectivity index (χ0n) is 13.4. The molecule has 0 fully saturated rings. The van der Waals surface area contributed by atoms with Gasteiger partial charge < -0.3 is 14.8 Å². The van der Waals surface area contributed by atoms with Crippen molar-refractivity contribution in [2.24, 2.45) is 0 Å². The van der Waals surface area contributed by atoms with E-state index in [0.717, 1.165) is 22.4 Å². The highest BCUT2D eigenvalue weighted by Gasteiger charge is 2.09. The number of hydrogen-bond donors (Lipinski definition) is 1. The fraction of sp³-hybridized carbons (Fsp3) is 0.278. The Bertz CT molecular complexity index is 680. The summed E-state index contributed by atoms with van der Waals surface area (Å²) in [6, 6.07) is 11.5. The molecule has 4 heteroatoms. The van der Waals surface area contributed by atoms with Gasteiger partial charge in [0.05, 0.1) is 20.6 Å². The summed E-state index contributed by atoms with van der Waals surface area (Å²) in [7, 11) is 3.17. The minimum atomic E-state index is -0.0547. The van der Waals surface area contributed by atoms with Crippen LogP contribution in [0.3, 0.4) is 0 Å². The van der Waals surface area contributed by atoms with E-state index < -0.39 is 0 Å². The summed E-state index contributed by atoms with van der Waals surface area (Å²) in [4.78, 5) is 12.2. The monoisotopic (exact) mass is 299 g/mol. The average Bonchev–Trinajstić information content (AvgIpc) is 2.50. The van der Waals surface area contributed by atoms with Crippen molar-refractivity contribution in [3.05, 3.63) is 53.1 Å². The Morgan fingerprint density at radius 1 is 1.00 bits per heavy atom. The summed E-state index contributed by atoms with van der Waals surface area (Å²) in [6.07, 6.45) is 0.285. The van der Waals surface area contributed by atoms with Crippen molar-refractivity contribution in [2.45, 2.75) is 20.3 Å². The van der Waals surface area contributed by atoms with Gasteiger partial charge >= 0.3 is 0 Å². The summed E-state index contributed by atoms with van der Waals surface area (Å²) in [5.74, 6) is 1.22. The topological polar surface area (TPSA) is 47.6 Å². The second-order valence-electron chi connectivity index (χ2n) is 5.23. The number of aryl methyl sites for hydroxylation is 2. The molecule has 2 aromatic rings. The van der Waals surface area contributed by atoms with E-state index in [9.17, 15) is 4.79 Å². The molecule has 0 aliphatic rings. The smallest absolute Gasteiger partial charge is 0.228 e. The first-order valence-electron chi connectivity index (χ1n) is 7.11. The summed E-state index contributed by atoms with van der Waals surface area (Å²) >= 11 is 0. The molecule has 0 unspecified atom stereocenters. The van der Waals surface area contributed by atoms with Crippen LogP contribution in [0.5, 0.6) is 11.5 Å². The molecule has 1 N–H and O–H groups in total. The molecule has 0 radical (unpaired) electrons. The molecule has 0 spiro atoms. The number of anilines is 1. The largest absolute Gasteiger partial charge is 0.493 e. The predicted molar refractivity (Wildman–Crippen MR) is 87.8 cm³/mol. The van der Waals surface area contributed by atoms with E-state index in [-0.39, 0.29) is 12.3 Å². The Kier molecular flexibility index (Phi) is 5.04. The maximum Gasteiger partial charge on any atom is 0.228 e. The molecular formula is C18H21NO3. The first-order chi connectivity index (χ1) is 10.5. The third-order valence-electron chi connectivity index (χ3n) is 3.48. The van der Waals surface area contributed by atoms with E-state index in [1.807, 2.05) is 44.2 Å². The highest BCUT2D eigenvalue weighted by atomic mass is 16.5. The minimum absolute atomic E-state index is 0.0547. The first kappa shape index (κ1) is 15.9. The van der Waals surface area contributed by atoms with E-state index in [4.69, 9.17) is 9.47 Å². The second kappa shape index (κ2) is 6.98. The number of hydrogen-bond acceptors (Lipinski definition) is 3. The number of rotatable bonds is 5. The quantitative estimate of drug-likeness (QED) is 0.919. The van der Waals surface area contributed by atoms with Crippen LogP contribution in [0.15, 0.2) is 36.4 Å². The molecule has 2 rings (SSSR count). The Morgan fingerprint density at radius 2 is 1.73 bits per heavy atom. The Balaban J connectivity index is 2.10. The van der Waals surface area contributed by atoms with E-state index in [1.165, 1.54) is 0 Å². The van der Waals surface area contributed by atoms with Gasteiger partial charge in [-0.1, -0.05) is 18.2 Å². The molecule has 116 valence electrons. The van der Waals surface area contributed by atoms with Gasteiger partial charge in [0, 0.05) is 5.69 Å². The molecule has 0 aromatic heterocycles. The number of carbonyl (C=O) groups is 1. The van der Waals surface area contributed by atoms with Gasteiger partial charge in [0.25, 0.3) is 0 Å². The van der Waals surface area contributed by atoms with E-state index in [0.29, 0.717) is 11.5 Å². The molecule has 0 bridgehead atoms. The lowest BCUT2D eigenvalue weighted by atomic mass is 10.1. The molecule has 4 nitrogen and oxygen atoms in total. The zero-order chi connectivity index (χ0) is 16.1. The van der Waals surface area contributed by atoms with Crippen LogP contribution < -0.4 is 14.8 Å². The third kappa shape index (κ3) is 3.79. The number of carbonyl (C=O) groups excluding carboxylic acids is 1. The molecule has 0 atom stereocenters. The van der Waals surface area contributed by atoms with E-state index in [2.05, 4.69) is 5.32 Å². The van der Waals surface area contributed by atoms with Crippen molar-refractivity contribution in [2.75, 3.05) is 19.5 Å². The summed E-state index contributed by atoms with van der Waals surface area (Å²) in [5.41, 5.74) is 3.89. The maximum atomic E-state index is 12.2. The van der Waals surface area contributed by atoms with Crippen molar-refractivity contribution in [3.63, 3.8) is 0 Å². The first-order valence-corrected chi connectivity index (χ1v) is 7.11. The van der Waals surface area contributed by atoms with Gasteiger partial charge in [0.2, 0.25) is 5.91 Å². The molecule has 0 saturated carbocycles. The number of methoxy groups -OCH3 is 2. The lowest BCUT2D eigenvalue weighted by Crippen LogP contribution is -2.15. The van der Waals surface area contributed by atoms with Crippen molar-refractivity contribution in [1.82, 2.24) is 0 Å². The highest BCUT2D eigenvalue weighted by Crippen LogP contribution is 2.27. The van der Waals surface area contributed by atoms with Gasteiger partial charge in [-0.3, -0.25) is 4.79 Å². The van der Waals surface area contributed by atoms with Crippen molar-refractivity contribution < 1.29 is 14.3 Å². The molecular weight excluding hydrogens is 278 g/mol. The van der Waals surface area contributed by atoms with Crippen LogP contribution in [0.1, 0.15) is 16.7 Å². The molecule has 1 amide bonds. The molecule has 22 heavy (non-hydrogen) atoms. The molecule has 0 aliphatic carbocycles. The molecule has 0 saturated heterocycles. The van der Waals surface area contributed by atoms with Crippen LogP contribution in [0, 0.1) is 13.8 Å². The van der Waals surface area contributed by atoms with Crippen LogP contribution in [-0.2, 0) is 11.2 Å². The molecule has 0 aliphatic heterocycles. The SMILES string of the molecule is COc1ccc(CC(=O)Nc2cc(C)ccc2C)cc1OC. The average molecular weight is 299 g/mol. The van der Waals surface area contributed by atoms with Crippen LogP contribution >= 0.6 is 0 Å². The predicted octanol–water partition coefficient (Wildman–Crippen LogP) is 3.50. The van der Waals surface area contributed by atoms with Crippen molar-refractivity contribution in [1.29, 1.82) is 0 Å². The lowest BCUT2D eigenvalue weighted by Gasteiger charge is -2.11. The van der Waals surface area contributed by atoms with Gasteiger partial charge in [-0.2, -0.15) is 0 Å². The van der Waals surface area contributed by atoms with Gasteiger partial charge in [0.1, 0.15) is 0 Å². The summed E-state index contributed by atoms with van der Waals surface area (Å²) < 4.78 is 10.5. The fourth-order valence-electron chi connectivity index (χ4n) is 2.24. The van der Waals surface area contributed by atoms with Crippen LogP contribution in [0.4, 0.5) is 5.69 Å². The summed E-state index contributed by atoms with van der Waals surface area (Å²) in [5, 5.41) is 2.95. The van der Waals surface area contributed by atoms with Crippen LogP contribution in [0.25, 0.3) is 0 Å². The van der Waals surface area contributed by atoms with Gasteiger partial charge in [-0.05, 0) is 48.7 Å². The Labute approximate surface area is 131 Å². The molecule has 0 heterocycles. The fourth-order valence-corrected chi connectivity index (χ4v) is 2.24. The minimum Gasteiger partial charge on any atom is -0.493 e. The third-order valence-corrected chi connectivity index (χ3v) is 3.48. The number of nitrogens with one attached hydrogen (secondary N) is 1. The van der Waals surface area contributed by atoms with Gasteiger partial charge in [0.15, 0.2) is 11.5 Å². The number of ether oxygens (including phenoxy) is 2. The van der Waals surface area contributed by atoms with Crippen molar-refractivity contribution >= 4 is 11.6 Å². The zero-order valence-corrected chi connectivity index (χ0v) is 13.4. The molecule has 2 aromatic carbocycles. The van der Waals surface area contributed by atoms with Crippen LogP contribution in [0.2, 0.25) is 0 Å². The normalized spacial score (nSPS) is 10.2.